The maximum Gasteiger partial charge on any atom is 0.260 e. The van der Waals surface area contributed by atoms with Crippen LogP contribution in [0.4, 0.5) is 17.1 Å². The highest BCUT2D eigenvalue weighted by Crippen LogP contribution is 2.42. The maximum atomic E-state index is 13.6. The van der Waals surface area contributed by atoms with E-state index in [4.69, 9.17) is 11.6 Å². The van der Waals surface area contributed by atoms with Crippen molar-refractivity contribution in [3.05, 3.63) is 88.9 Å². The molecule has 3 aromatic carbocycles. The minimum atomic E-state index is 0.0408. The molecule has 0 aromatic heterocycles. The number of amides is 1. The molecule has 4 rings (SSSR count). The first-order valence-electron chi connectivity index (χ1n) is 10.2. The lowest BCUT2D eigenvalue weighted by atomic mass is 10.1. The van der Waals surface area contributed by atoms with Crippen LogP contribution in [0.1, 0.15) is 35.7 Å². The lowest BCUT2D eigenvalue weighted by molar-refractivity contribution is 0.0988. The van der Waals surface area contributed by atoms with Crippen LogP contribution in [0.25, 0.3) is 0 Å². The zero-order chi connectivity index (χ0) is 20.2. The van der Waals surface area contributed by atoms with Gasteiger partial charge in [-0.25, -0.2) is 0 Å². The molecule has 4 heteroatoms. The number of nitrogens with zero attached hydrogens (tertiary/aromatic N) is 2. The van der Waals surface area contributed by atoms with Gasteiger partial charge in [0.1, 0.15) is 0 Å². The molecular formula is C25H25ClN2O. The fourth-order valence-corrected chi connectivity index (χ4v) is 4.05. The molecule has 3 nitrogen and oxygen atoms in total. The SMILES string of the molecule is CCCCN1c2ccccc2C(=O)N(CCc2ccccc2)c2ccc(Cl)cc21. The zero-order valence-corrected chi connectivity index (χ0v) is 17.4. The van der Waals surface area contributed by atoms with Crippen molar-refractivity contribution in [1.82, 2.24) is 0 Å². The van der Waals surface area contributed by atoms with Crippen molar-refractivity contribution >= 4 is 34.6 Å². The van der Waals surface area contributed by atoms with Crippen LogP contribution < -0.4 is 9.80 Å². The quantitative estimate of drug-likeness (QED) is 0.469. The summed E-state index contributed by atoms with van der Waals surface area (Å²) in [6, 6.07) is 24.0. The van der Waals surface area contributed by atoms with E-state index in [-0.39, 0.29) is 5.91 Å². The smallest absolute Gasteiger partial charge is 0.260 e. The molecule has 0 N–H and O–H groups in total. The van der Waals surface area contributed by atoms with Gasteiger partial charge in [-0.3, -0.25) is 4.79 Å². The third-order valence-electron chi connectivity index (χ3n) is 5.39. The van der Waals surface area contributed by atoms with Gasteiger partial charge in [-0.05, 0) is 48.7 Å². The molecule has 1 amide bonds. The third kappa shape index (κ3) is 4.01. The molecule has 29 heavy (non-hydrogen) atoms. The van der Waals surface area contributed by atoms with E-state index in [2.05, 4.69) is 24.0 Å². The van der Waals surface area contributed by atoms with Crippen LogP contribution in [0.2, 0.25) is 5.02 Å². The van der Waals surface area contributed by atoms with Gasteiger partial charge in [0.15, 0.2) is 0 Å². The Hall–Kier alpha value is -2.78. The van der Waals surface area contributed by atoms with E-state index in [9.17, 15) is 4.79 Å². The number of hydrogen-bond donors (Lipinski definition) is 0. The number of halogens is 1. The number of anilines is 3. The highest BCUT2D eigenvalue weighted by atomic mass is 35.5. The Kier molecular flexibility index (Phi) is 5.86. The molecule has 3 aromatic rings. The molecule has 0 spiro atoms. The maximum absolute atomic E-state index is 13.6. The summed E-state index contributed by atoms with van der Waals surface area (Å²) in [6.45, 7) is 3.65. The first-order valence-corrected chi connectivity index (χ1v) is 10.6. The Morgan fingerprint density at radius 3 is 2.34 bits per heavy atom. The molecule has 0 saturated heterocycles. The molecule has 0 fully saturated rings. The highest BCUT2D eigenvalue weighted by Gasteiger charge is 2.30. The topological polar surface area (TPSA) is 23.6 Å². The van der Waals surface area contributed by atoms with Gasteiger partial charge in [-0.1, -0.05) is 67.4 Å². The van der Waals surface area contributed by atoms with E-state index >= 15 is 0 Å². The Labute approximate surface area is 177 Å². The standard InChI is InChI=1S/C25H25ClN2O/c1-2-3-16-27-22-12-8-7-11-21(22)25(29)28(17-15-19-9-5-4-6-10-19)23-14-13-20(26)18-24(23)27/h4-14,18H,2-3,15-17H2,1H3. The van der Waals surface area contributed by atoms with Crippen LogP contribution in [0.5, 0.6) is 0 Å². The average Bonchev–Trinajstić information content (AvgIpc) is 2.84. The van der Waals surface area contributed by atoms with Crippen molar-refractivity contribution in [2.75, 3.05) is 22.9 Å². The van der Waals surface area contributed by atoms with Crippen LogP contribution >= 0.6 is 11.6 Å². The van der Waals surface area contributed by atoms with Gasteiger partial charge in [-0.2, -0.15) is 0 Å². The van der Waals surface area contributed by atoms with Gasteiger partial charge in [0.25, 0.3) is 5.91 Å². The van der Waals surface area contributed by atoms with Crippen molar-refractivity contribution in [3.8, 4) is 0 Å². The highest BCUT2D eigenvalue weighted by molar-refractivity contribution is 6.31. The summed E-state index contributed by atoms with van der Waals surface area (Å²) in [5.74, 6) is 0.0408. The van der Waals surface area contributed by atoms with Gasteiger partial charge in [0, 0.05) is 18.1 Å². The second-order valence-corrected chi connectivity index (χ2v) is 7.78. The van der Waals surface area contributed by atoms with Gasteiger partial charge in [0.05, 0.1) is 22.6 Å². The van der Waals surface area contributed by atoms with E-state index in [1.54, 1.807) is 0 Å². The minimum absolute atomic E-state index is 0.0408. The molecule has 0 saturated carbocycles. The molecule has 148 valence electrons. The summed E-state index contributed by atoms with van der Waals surface area (Å²) in [5.41, 5.74) is 4.83. The molecule has 0 atom stereocenters. The monoisotopic (exact) mass is 404 g/mol. The van der Waals surface area contributed by atoms with E-state index < -0.39 is 0 Å². The zero-order valence-electron chi connectivity index (χ0n) is 16.6. The van der Waals surface area contributed by atoms with Crippen molar-refractivity contribution in [3.63, 3.8) is 0 Å². The van der Waals surface area contributed by atoms with Gasteiger partial charge < -0.3 is 9.80 Å². The van der Waals surface area contributed by atoms with Crippen molar-refractivity contribution in [2.45, 2.75) is 26.2 Å². The van der Waals surface area contributed by atoms with E-state index in [1.165, 1.54) is 5.56 Å². The largest absolute Gasteiger partial charge is 0.339 e. The second kappa shape index (κ2) is 8.71. The number of benzene rings is 3. The number of carbonyl (C=O) groups is 1. The summed E-state index contributed by atoms with van der Waals surface area (Å²) in [6.07, 6.45) is 2.92. The van der Waals surface area contributed by atoms with Crippen LogP contribution in [0, 0.1) is 0 Å². The van der Waals surface area contributed by atoms with E-state index in [0.717, 1.165) is 48.4 Å². The molecule has 0 bridgehead atoms. The van der Waals surface area contributed by atoms with Gasteiger partial charge >= 0.3 is 0 Å². The van der Waals surface area contributed by atoms with Crippen molar-refractivity contribution in [1.29, 1.82) is 0 Å². The number of para-hydroxylation sites is 1. The fourth-order valence-electron chi connectivity index (χ4n) is 3.88. The van der Waals surface area contributed by atoms with Crippen LogP contribution in [0.3, 0.4) is 0 Å². The minimum Gasteiger partial charge on any atom is -0.339 e. The van der Waals surface area contributed by atoms with Crippen molar-refractivity contribution < 1.29 is 4.79 Å². The van der Waals surface area contributed by atoms with Gasteiger partial charge in [-0.15, -0.1) is 0 Å². The first kappa shape index (κ1) is 19.5. The summed E-state index contributed by atoms with van der Waals surface area (Å²) in [7, 11) is 0. The Bertz CT molecular complexity index is 1000. The van der Waals surface area contributed by atoms with E-state index in [1.807, 2.05) is 65.6 Å². The molecule has 0 unspecified atom stereocenters. The summed E-state index contributed by atoms with van der Waals surface area (Å²) >= 11 is 6.38. The molecule has 0 aliphatic carbocycles. The molecular weight excluding hydrogens is 380 g/mol. The van der Waals surface area contributed by atoms with E-state index in [0.29, 0.717) is 11.6 Å². The molecule has 1 aliphatic rings. The fraction of sp³-hybridized carbons (Fsp3) is 0.240. The first-order chi connectivity index (χ1) is 14.2. The predicted octanol–water partition coefficient (Wildman–Crippen LogP) is 6.48. The second-order valence-electron chi connectivity index (χ2n) is 7.35. The number of fused-ring (bicyclic) bond motifs is 2. The van der Waals surface area contributed by atoms with Crippen LogP contribution in [-0.2, 0) is 6.42 Å². The normalized spacial score (nSPS) is 13.1. The summed E-state index contributed by atoms with van der Waals surface area (Å²) < 4.78 is 0. The van der Waals surface area contributed by atoms with Crippen LogP contribution in [-0.4, -0.2) is 19.0 Å². The molecule has 1 heterocycles. The number of carbonyl (C=O) groups excluding carboxylic acids is 1. The summed E-state index contributed by atoms with van der Waals surface area (Å²) in [4.78, 5) is 17.7. The van der Waals surface area contributed by atoms with Crippen LogP contribution in [0.15, 0.2) is 72.8 Å². The predicted molar refractivity (Wildman–Crippen MR) is 122 cm³/mol. The van der Waals surface area contributed by atoms with Crippen molar-refractivity contribution in [2.24, 2.45) is 0 Å². The number of unbranched alkanes of at least 4 members (excludes halogenated alkanes) is 1. The Morgan fingerprint density at radius 1 is 0.793 bits per heavy atom. The lowest BCUT2D eigenvalue weighted by Crippen LogP contribution is -2.32. The number of rotatable bonds is 6. The Morgan fingerprint density at radius 2 is 1.55 bits per heavy atom. The Balaban J connectivity index is 1.80. The molecule has 1 aliphatic heterocycles. The number of hydrogen-bond acceptors (Lipinski definition) is 2. The molecule has 0 radical (unpaired) electrons. The summed E-state index contributed by atoms with van der Waals surface area (Å²) in [5, 5.41) is 0.681. The lowest BCUT2D eigenvalue weighted by Gasteiger charge is -2.27. The van der Waals surface area contributed by atoms with Gasteiger partial charge in [0.2, 0.25) is 0 Å². The average molecular weight is 405 g/mol. The third-order valence-corrected chi connectivity index (χ3v) is 5.63.